The summed E-state index contributed by atoms with van der Waals surface area (Å²) in [6.45, 7) is 19.0. The second-order valence-corrected chi connectivity index (χ2v) is 24.9. The molecule has 82 heavy (non-hydrogen) atoms. The first kappa shape index (κ1) is 54.7. The Balaban J connectivity index is 0.000000115. The van der Waals surface area contributed by atoms with Gasteiger partial charge in [-0.05, 0) is 198 Å². The molecule has 3 fully saturated rings. The molecular formula is C70H79F2N7O3. The van der Waals surface area contributed by atoms with Gasteiger partial charge in [0.25, 0.3) is 0 Å². The van der Waals surface area contributed by atoms with Crippen LogP contribution in [0.2, 0.25) is 0 Å². The minimum Gasteiger partial charge on any atom is -0.387 e. The van der Waals surface area contributed by atoms with Gasteiger partial charge in [0.1, 0.15) is 17.2 Å². The van der Waals surface area contributed by atoms with Gasteiger partial charge in [0, 0.05) is 114 Å². The van der Waals surface area contributed by atoms with E-state index in [1.54, 1.807) is 36.7 Å². The molecule has 6 unspecified atom stereocenters. The molecule has 0 bridgehead atoms. The summed E-state index contributed by atoms with van der Waals surface area (Å²) in [5.74, 6) is -0.549. The summed E-state index contributed by atoms with van der Waals surface area (Å²) >= 11 is 0. The normalized spacial score (nSPS) is 20.9. The number of rotatable bonds is 9. The maximum Gasteiger partial charge on any atom is 0.123 e. The quantitative estimate of drug-likeness (QED) is 0.132. The molecule has 0 aliphatic carbocycles. The summed E-state index contributed by atoms with van der Waals surface area (Å²) in [4.78, 5) is 12.0. The van der Waals surface area contributed by atoms with Gasteiger partial charge in [-0.25, -0.2) is 8.78 Å². The molecule has 6 atom stereocenters. The molecule has 0 amide bonds. The highest BCUT2D eigenvalue weighted by atomic mass is 19.1. The molecular weight excluding hydrogens is 1020 g/mol. The SMILES string of the molecule is Cc1cc(C)c2c(c1)c1c(n2CC(O)c2ccncc2)CCN2CCCC12.Cc1ccc2c(c1)c1c(n2CC(C)(O)c2ccc(F)cc2)CCN2CCCC12.Cc1ccc2c(c1)c1c(n2CC(O)c2ccc(F)cc2)CCN2CCCC12. The molecule has 4 aromatic heterocycles. The van der Waals surface area contributed by atoms with Crippen LogP contribution in [0.1, 0.15) is 148 Å². The molecule has 3 N–H and O–H groups in total. The lowest BCUT2D eigenvalue weighted by atomic mass is 9.94. The van der Waals surface area contributed by atoms with Gasteiger partial charge in [-0.1, -0.05) is 59.2 Å². The number of benzene rings is 5. The number of hydrogen-bond donors (Lipinski definition) is 3. The van der Waals surface area contributed by atoms with Crippen LogP contribution in [0, 0.1) is 39.3 Å². The molecule has 15 rings (SSSR count). The Bertz CT molecular complexity index is 3810. The van der Waals surface area contributed by atoms with Crippen LogP contribution in [0.5, 0.6) is 0 Å². The van der Waals surface area contributed by atoms with Crippen molar-refractivity contribution in [1.82, 2.24) is 33.4 Å². The Kier molecular flexibility index (Phi) is 14.8. The number of aromatic nitrogens is 4. The van der Waals surface area contributed by atoms with Gasteiger partial charge >= 0.3 is 0 Å². The first-order valence-corrected chi connectivity index (χ1v) is 30.3. The Labute approximate surface area is 481 Å². The molecule has 10 heterocycles. The summed E-state index contributed by atoms with van der Waals surface area (Å²) in [7, 11) is 0. The standard InChI is InChI=1S/C24H27FN2O.C23H25FN2O.C23H27N3O/c1-16-5-10-20-19(14-16)23-21-4-3-12-26(21)13-11-22(23)27(20)15-24(2,28)17-6-8-18(25)9-7-17;1-15-4-9-19-18(13-15)23-20-3-2-11-25(20)12-10-21(23)26(19)14-22(27)16-5-7-17(24)8-6-16;1-15-12-16(2)23-18(13-15)22-19-4-3-10-25(19)11-7-20(22)26(23)14-21(27)17-5-8-24-9-6-17/h5-10,14,21,28H,3-4,11-13,15H2,1-2H3;4-9,13,20,22,27H,2-3,10-12,14H2,1H3;5-6,8-9,12-13,19,21,27H,3-4,7,10-11,14H2,1-2H3. The van der Waals surface area contributed by atoms with E-state index in [4.69, 9.17) is 0 Å². The number of nitrogens with zero attached hydrogens (tertiary/aromatic N) is 7. The molecule has 3 saturated heterocycles. The lowest BCUT2D eigenvalue weighted by molar-refractivity contribution is 0.0383. The minimum absolute atomic E-state index is 0.272. The largest absolute Gasteiger partial charge is 0.387 e. The van der Waals surface area contributed by atoms with Crippen molar-refractivity contribution in [3.63, 3.8) is 0 Å². The predicted octanol–water partition coefficient (Wildman–Crippen LogP) is 13.3. The van der Waals surface area contributed by atoms with Gasteiger partial charge in [0.15, 0.2) is 0 Å². The summed E-state index contributed by atoms with van der Waals surface area (Å²) in [5.41, 5.74) is 18.9. The molecule has 0 radical (unpaired) electrons. The van der Waals surface area contributed by atoms with Gasteiger partial charge in [-0.3, -0.25) is 19.7 Å². The Morgan fingerprint density at radius 3 is 1.49 bits per heavy atom. The van der Waals surface area contributed by atoms with Gasteiger partial charge in [-0.2, -0.15) is 0 Å². The van der Waals surface area contributed by atoms with E-state index in [0.29, 0.717) is 37.8 Å². The summed E-state index contributed by atoms with van der Waals surface area (Å²) in [6, 6.07) is 35.8. The highest BCUT2D eigenvalue weighted by molar-refractivity contribution is 5.90. The lowest BCUT2D eigenvalue weighted by Gasteiger charge is -2.32. The van der Waals surface area contributed by atoms with E-state index in [2.05, 4.69) is 110 Å². The second kappa shape index (κ2) is 22.2. The monoisotopic (exact) mass is 1100 g/mol. The predicted molar refractivity (Wildman–Crippen MR) is 323 cm³/mol. The minimum atomic E-state index is -1.06. The number of aliphatic hydroxyl groups excluding tert-OH is 2. The van der Waals surface area contributed by atoms with Gasteiger partial charge in [0.05, 0.1) is 37.4 Å². The molecule has 10 nitrogen and oxygen atoms in total. The van der Waals surface area contributed by atoms with Crippen LogP contribution in [0.3, 0.4) is 0 Å². The van der Waals surface area contributed by atoms with Gasteiger partial charge < -0.3 is 29.0 Å². The number of aliphatic hydroxyl groups is 3. The molecule has 5 aromatic carbocycles. The fourth-order valence-electron chi connectivity index (χ4n) is 15.6. The molecule has 12 heteroatoms. The van der Waals surface area contributed by atoms with Crippen LogP contribution < -0.4 is 0 Å². The van der Waals surface area contributed by atoms with Crippen LogP contribution >= 0.6 is 0 Å². The van der Waals surface area contributed by atoms with Crippen LogP contribution in [-0.4, -0.2) is 88.0 Å². The van der Waals surface area contributed by atoms with Crippen molar-refractivity contribution < 1.29 is 24.1 Å². The van der Waals surface area contributed by atoms with Crippen LogP contribution in [0.15, 0.2) is 122 Å². The number of halogens is 2. The van der Waals surface area contributed by atoms with Crippen molar-refractivity contribution in [2.75, 3.05) is 39.3 Å². The molecule has 0 spiro atoms. The first-order chi connectivity index (χ1) is 39.7. The molecule has 6 aliphatic heterocycles. The Morgan fingerprint density at radius 1 is 0.512 bits per heavy atom. The van der Waals surface area contributed by atoms with E-state index in [9.17, 15) is 24.1 Å². The number of fused-ring (bicyclic) bond motifs is 15. The molecule has 9 aromatic rings. The van der Waals surface area contributed by atoms with Crippen LogP contribution in [0.25, 0.3) is 32.7 Å². The van der Waals surface area contributed by atoms with Crippen molar-refractivity contribution in [3.8, 4) is 0 Å². The summed E-state index contributed by atoms with van der Waals surface area (Å²) in [5, 5.41) is 37.1. The summed E-state index contributed by atoms with van der Waals surface area (Å²) < 4.78 is 33.6. The third-order valence-corrected chi connectivity index (χ3v) is 19.4. The highest BCUT2D eigenvalue weighted by Crippen LogP contribution is 2.47. The first-order valence-electron chi connectivity index (χ1n) is 30.3. The van der Waals surface area contributed by atoms with E-state index < -0.39 is 17.8 Å². The average molecular weight is 1100 g/mol. The maximum atomic E-state index is 13.4. The fraction of sp³-hybridized carbons (Fsp3) is 0.414. The van der Waals surface area contributed by atoms with Crippen LogP contribution in [0.4, 0.5) is 8.78 Å². The van der Waals surface area contributed by atoms with Crippen molar-refractivity contribution in [1.29, 1.82) is 0 Å². The molecule has 0 saturated carbocycles. The summed E-state index contributed by atoms with van der Waals surface area (Å²) in [6.07, 6.45) is 13.0. The van der Waals surface area contributed by atoms with E-state index in [0.717, 1.165) is 55.6 Å². The van der Waals surface area contributed by atoms with Crippen LogP contribution in [-0.2, 0) is 44.5 Å². The second-order valence-electron chi connectivity index (χ2n) is 24.9. The smallest absolute Gasteiger partial charge is 0.123 e. The van der Waals surface area contributed by atoms with Crippen molar-refractivity contribution in [2.45, 2.75) is 148 Å². The molecule has 6 aliphatic rings. The molecule has 426 valence electrons. The fourth-order valence-corrected chi connectivity index (χ4v) is 15.6. The zero-order valence-electron chi connectivity index (χ0n) is 48.4. The third-order valence-electron chi connectivity index (χ3n) is 19.4. The Hall–Kier alpha value is -6.51. The topological polar surface area (TPSA) is 98.1 Å². The van der Waals surface area contributed by atoms with Crippen molar-refractivity contribution >= 4 is 32.7 Å². The average Bonchev–Trinajstić information content (AvgIpc) is 4.28. The maximum absolute atomic E-state index is 13.4. The number of hydrogen-bond acceptors (Lipinski definition) is 7. The van der Waals surface area contributed by atoms with Crippen molar-refractivity contribution in [2.24, 2.45) is 0 Å². The van der Waals surface area contributed by atoms with E-state index in [1.165, 1.54) is 171 Å². The van der Waals surface area contributed by atoms with E-state index in [-0.39, 0.29) is 11.6 Å². The van der Waals surface area contributed by atoms with Gasteiger partial charge in [-0.15, -0.1) is 0 Å². The zero-order chi connectivity index (χ0) is 56.6. The van der Waals surface area contributed by atoms with Crippen molar-refractivity contribution in [3.05, 3.63) is 206 Å². The van der Waals surface area contributed by atoms with E-state index >= 15 is 0 Å². The number of aryl methyl sites for hydroxylation is 4. The third kappa shape index (κ3) is 10.1. The highest BCUT2D eigenvalue weighted by Gasteiger charge is 2.39. The lowest BCUT2D eigenvalue weighted by Crippen LogP contribution is -2.33. The van der Waals surface area contributed by atoms with Gasteiger partial charge in [0.2, 0.25) is 0 Å². The zero-order valence-corrected chi connectivity index (χ0v) is 48.4. The Morgan fingerprint density at radius 2 is 0.951 bits per heavy atom. The van der Waals surface area contributed by atoms with E-state index in [1.807, 2.05) is 19.1 Å². The number of pyridine rings is 1.